The third-order valence-electron chi connectivity index (χ3n) is 6.47. The van der Waals surface area contributed by atoms with Crippen molar-refractivity contribution in [1.29, 1.82) is 0 Å². The van der Waals surface area contributed by atoms with Crippen LogP contribution in [0.15, 0.2) is 54.6 Å². The Labute approximate surface area is 174 Å². The Balaban J connectivity index is 1.36. The summed E-state index contributed by atoms with van der Waals surface area (Å²) in [7, 11) is 0. The van der Waals surface area contributed by atoms with Gasteiger partial charge >= 0.3 is 0 Å². The Morgan fingerprint density at radius 1 is 1.07 bits per heavy atom. The van der Waals surface area contributed by atoms with Gasteiger partial charge in [-0.25, -0.2) is 8.78 Å². The van der Waals surface area contributed by atoms with Gasteiger partial charge in [0, 0.05) is 30.5 Å². The van der Waals surface area contributed by atoms with Crippen LogP contribution >= 0.6 is 0 Å². The number of hydrogen-bond donors (Lipinski definition) is 1. The molecule has 0 radical (unpaired) electrons. The summed E-state index contributed by atoms with van der Waals surface area (Å²) in [5.41, 5.74) is 1.22. The molecule has 156 valence electrons. The first-order chi connectivity index (χ1) is 14.5. The molecule has 0 aliphatic carbocycles. The van der Waals surface area contributed by atoms with Crippen LogP contribution < -0.4 is 4.74 Å². The minimum Gasteiger partial charge on any atom is -0.485 e. The first kappa shape index (κ1) is 19.5. The van der Waals surface area contributed by atoms with Crippen LogP contribution in [-0.4, -0.2) is 35.2 Å². The Bertz CT molecular complexity index is 1090. The fourth-order valence-electron chi connectivity index (χ4n) is 4.97. The number of rotatable bonds is 3. The van der Waals surface area contributed by atoms with Crippen LogP contribution in [0.1, 0.15) is 36.5 Å². The van der Waals surface area contributed by atoms with Gasteiger partial charge in [0.2, 0.25) is 0 Å². The number of benzene rings is 3. The second-order valence-electron chi connectivity index (χ2n) is 8.59. The van der Waals surface area contributed by atoms with Gasteiger partial charge in [-0.05, 0) is 48.9 Å². The predicted molar refractivity (Wildman–Crippen MR) is 113 cm³/mol. The van der Waals surface area contributed by atoms with Gasteiger partial charge in [0.15, 0.2) is 11.6 Å². The average Bonchev–Trinajstić information content (AvgIpc) is 2.74. The summed E-state index contributed by atoms with van der Waals surface area (Å²) < 4.78 is 33.3. The topological polar surface area (TPSA) is 32.7 Å². The molecule has 1 unspecified atom stereocenters. The molecule has 0 amide bonds. The lowest BCUT2D eigenvalue weighted by Gasteiger charge is -2.47. The average molecular weight is 409 g/mol. The fraction of sp³-hybridized carbons (Fsp3) is 0.360. The number of hydrogen-bond acceptors (Lipinski definition) is 3. The van der Waals surface area contributed by atoms with Crippen molar-refractivity contribution in [3.05, 3.63) is 77.4 Å². The SMILES string of the molecule is OC1C[C@]2(CCCN(CCc3ccc(F)c(F)c3)C2)Oc2c1ccc1ccccc21. The highest BCUT2D eigenvalue weighted by Crippen LogP contribution is 2.46. The molecule has 5 rings (SSSR count). The van der Waals surface area contributed by atoms with Gasteiger partial charge < -0.3 is 9.84 Å². The number of piperidine rings is 1. The summed E-state index contributed by atoms with van der Waals surface area (Å²) in [4.78, 5) is 2.31. The summed E-state index contributed by atoms with van der Waals surface area (Å²) >= 11 is 0. The molecule has 5 heteroatoms. The molecule has 2 aliphatic heterocycles. The Kier molecular flexibility index (Phi) is 4.95. The zero-order chi connectivity index (χ0) is 20.7. The van der Waals surface area contributed by atoms with Crippen molar-refractivity contribution in [3.63, 3.8) is 0 Å². The molecule has 3 aromatic carbocycles. The third kappa shape index (κ3) is 3.57. The van der Waals surface area contributed by atoms with Gasteiger partial charge in [-0.2, -0.15) is 0 Å². The molecule has 2 aliphatic rings. The molecule has 1 saturated heterocycles. The normalized spacial score (nSPS) is 24.0. The van der Waals surface area contributed by atoms with Gasteiger partial charge in [-0.15, -0.1) is 0 Å². The van der Waals surface area contributed by atoms with E-state index in [-0.39, 0.29) is 0 Å². The predicted octanol–water partition coefficient (Wildman–Crippen LogP) is 5.01. The van der Waals surface area contributed by atoms with Crippen LogP contribution in [0.3, 0.4) is 0 Å². The molecule has 2 heterocycles. The Morgan fingerprint density at radius 3 is 2.80 bits per heavy atom. The van der Waals surface area contributed by atoms with Crippen molar-refractivity contribution in [1.82, 2.24) is 4.90 Å². The van der Waals surface area contributed by atoms with Crippen LogP contribution in [0.25, 0.3) is 10.8 Å². The molecule has 2 atom stereocenters. The van der Waals surface area contributed by atoms with Crippen molar-refractivity contribution in [2.45, 2.75) is 37.4 Å². The highest BCUT2D eigenvalue weighted by molar-refractivity contribution is 5.90. The highest BCUT2D eigenvalue weighted by atomic mass is 19.2. The minimum absolute atomic E-state index is 0.428. The number of aliphatic hydroxyl groups is 1. The lowest BCUT2D eigenvalue weighted by molar-refractivity contribution is -0.0593. The quantitative estimate of drug-likeness (QED) is 0.660. The van der Waals surface area contributed by atoms with Gasteiger partial charge in [0.1, 0.15) is 11.4 Å². The molecule has 1 fully saturated rings. The lowest BCUT2D eigenvalue weighted by Crippen LogP contribution is -2.54. The Morgan fingerprint density at radius 2 is 1.93 bits per heavy atom. The van der Waals surface area contributed by atoms with Crippen LogP contribution in [0.5, 0.6) is 5.75 Å². The van der Waals surface area contributed by atoms with Gasteiger partial charge in [0.25, 0.3) is 0 Å². The van der Waals surface area contributed by atoms with Gasteiger partial charge in [0.05, 0.1) is 6.10 Å². The molecule has 0 bridgehead atoms. The van der Waals surface area contributed by atoms with E-state index >= 15 is 0 Å². The van der Waals surface area contributed by atoms with Crippen molar-refractivity contribution >= 4 is 10.8 Å². The van der Waals surface area contributed by atoms with Crippen molar-refractivity contribution in [2.75, 3.05) is 19.6 Å². The van der Waals surface area contributed by atoms with E-state index in [1.165, 1.54) is 12.1 Å². The van der Waals surface area contributed by atoms with Crippen LogP contribution in [0, 0.1) is 11.6 Å². The third-order valence-corrected chi connectivity index (χ3v) is 6.47. The van der Waals surface area contributed by atoms with Gasteiger partial charge in [-0.1, -0.05) is 42.5 Å². The molecule has 3 nitrogen and oxygen atoms in total. The molecule has 1 N–H and O–H groups in total. The number of halogens is 2. The molecule has 30 heavy (non-hydrogen) atoms. The summed E-state index contributed by atoms with van der Waals surface area (Å²) in [5.74, 6) is -0.815. The first-order valence-corrected chi connectivity index (χ1v) is 10.6. The van der Waals surface area contributed by atoms with E-state index in [4.69, 9.17) is 4.74 Å². The van der Waals surface area contributed by atoms with E-state index in [2.05, 4.69) is 11.0 Å². The summed E-state index contributed by atoms with van der Waals surface area (Å²) in [5, 5.41) is 13.1. The lowest BCUT2D eigenvalue weighted by atomic mass is 9.82. The van der Waals surface area contributed by atoms with Crippen molar-refractivity contribution < 1.29 is 18.6 Å². The van der Waals surface area contributed by atoms with E-state index < -0.39 is 23.3 Å². The molecular formula is C25H25F2NO2. The second-order valence-corrected chi connectivity index (χ2v) is 8.59. The number of aliphatic hydroxyl groups excluding tert-OH is 1. The maximum Gasteiger partial charge on any atom is 0.159 e. The standard InChI is InChI=1S/C25H25F2NO2/c26-21-9-6-17(14-22(21)27)10-13-28-12-3-11-25(16-28)15-23(29)20-8-7-18-4-1-2-5-19(18)24(20)30-25/h1-2,4-9,14,23,29H,3,10-13,15-16H2/t23?,25-/m0/s1. The highest BCUT2D eigenvalue weighted by Gasteiger charge is 2.44. The molecule has 0 aromatic heterocycles. The number of likely N-dealkylation sites (tertiary alicyclic amines) is 1. The van der Waals surface area contributed by atoms with Crippen molar-refractivity contribution in [2.24, 2.45) is 0 Å². The largest absolute Gasteiger partial charge is 0.485 e. The maximum absolute atomic E-state index is 13.5. The first-order valence-electron chi connectivity index (χ1n) is 10.6. The van der Waals surface area contributed by atoms with Gasteiger partial charge in [-0.3, -0.25) is 4.90 Å². The smallest absolute Gasteiger partial charge is 0.159 e. The van der Waals surface area contributed by atoms with Crippen molar-refractivity contribution in [3.8, 4) is 5.75 Å². The minimum atomic E-state index is -0.814. The number of ether oxygens (including phenoxy) is 1. The summed E-state index contributed by atoms with van der Waals surface area (Å²) in [6.45, 7) is 2.40. The van der Waals surface area contributed by atoms with E-state index in [9.17, 15) is 13.9 Å². The zero-order valence-corrected chi connectivity index (χ0v) is 16.8. The fourth-order valence-corrected chi connectivity index (χ4v) is 4.97. The van der Waals surface area contributed by atoms with E-state index in [1.807, 2.05) is 30.3 Å². The maximum atomic E-state index is 13.5. The van der Waals surface area contributed by atoms with Crippen LogP contribution in [-0.2, 0) is 6.42 Å². The Hall–Kier alpha value is -2.50. The zero-order valence-electron chi connectivity index (χ0n) is 16.8. The number of fused-ring (bicyclic) bond motifs is 3. The van der Waals surface area contributed by atoms with E-state index in [1.54, 1.807) is 6.07 Å². The molecule has 3 aromatic rings. The van der Waals surface area contributed by atoms with E-state index in [0.29, 0.717) is 12.8 Å². The van der Waals surface area contributed by atoms with Crippen LogP contribution in [0.2, 0.25) is 0 Å². The molecule has 1 spiro atoms. The summed E-state index contributed by atoms with van der Waals surface area (Å²) in [6, 6.07) is 16.2. The molecule has 0 saturated carbocycles. The second kappa shape index (κ2) is 7.64. The van der Waals surface area contributed by atoms with E-state index in [0.717, 1.165) is 60.1 Å². The number of nitrogens with zero attached hydrogens (tertiary/aromatic N) is 1. The summed E-state index contributed by atoms with van der Waals surface area (Å²) in [6.07, 6.45) is 2.54. The monoisotopic (exact) mass is 409 g/mol. The molecular weight excluding hydrogens is 384 g/mol. The van der Waals surface area contributed by atoms with Crippen LogP contribution in [0.4, 0.5) is 8.78 Å².